The van der Waals surface area contributed by atoms with Gasteiger partial charge in [0.15, 0.2) is 22.8 Å². The van der Waals surface area contributed by atoms with Gasteiger partial charge in [-0.2, -0.15) is 0 Å². The summed E-state index contributed by atoms with van der Waals surface area (Å²) >= 11 is 0. The Morgan fingerprint density at radius 2 is 0.707 bits per heavy atom. The van der Waals surface area contributed by atoms with Gasteiger partial charge in [-0.1, -0.05) is 33.0 Å². The largest absolute Gasteiger partial charge is 0.461 e. The maximum Gasteiger partial charge on any atom is 0.360 e. The molecule has 0 aliphatic heterocycles. The van der Waals surface area contributed by atoms with Gasteiger partial charge in [-0.25, -0.2) is 47.5 Å². The van der Waals surface area contributed by atoms with Crippen LogP contribution in [0.5, 0.6) is 0 Å². The van der Waals surface area contributed by atoms with Gasteiger partial charge in [0.2, 0.25) is 0 Å². The predicted molar refractivity (Wildman–Crippen MR) is 189 cm³/mol. The highest BCUT2D eigenvalue weighted by Gasteiger charge is 2.28. The molecule has 4 aromatic heterocycles. The second-order valence-corrected chi connectivity index (χ2v) is 11.8. The summed E-state index contributed by atoms with van der Waals surface area (Å²) in [6.45, 7) is 6.29. The van der Waals surface area contributed by atoms with Crippen LogP contribution in [0.4, 0.5) is 0 Å². The lowest BCUT2D eigenvalue weighted by molar-refractivity contribution is 0.0148. The van der Waals surface area contributed by atoms with Crippen molar-refractivity contribution in [2.24, 2.45) is 0 Å². The van der Waals surface area contributed by atoms with Crippen LogP contribution in [-0.2, 0) is 54.6 Å². The number of carbonyl (C=O) groups excluding carboxylic acids is 6. The van der Waals surface area contributed by atoms with Crippen LogP contribution in [0.15, 0.2) is 49.1 Å². The van der Waals surface area contributed by atoms with Crippen molar-refractivity contribution in [2.75, 3.05) is 26.4 Å². The highest BCUT2D eigenvalue weighted by Crippen LogP contribution is 2.17. The minimum Gasteiger partial charge on any atom is -0.461 e. The van der Waals surface area contributed by atoms with Gasteiger partial charge in [0.1, 0.15) is 12.2 Å². The highest BCUT2D eigenvalue weighted by molar-refractivity contribution is 6.03. The van der Waals surface area contributed by atoms with Crippen molar-refractivity contribution in [1.82, 2.24) is 60.0 Å². The molecule has 0 amide bonds. The molecule has 0 fully saturated rings. The zero-order chi connectivity index (χ0) is 41.6. The molecule has 0 saturated carbocycles. The van der Waals surface area contributed by atoms with E-state index in [2.05, 4.69) is 41.2 Å². The normalized spacial score (nSPS) is 11.0. The first-order chi connectivity index (χ1) is 28.0. The van der Waals surface area contributed by atoms with Crippen LogP contribution >= 0.6 is 0 Å². The molecule has 0 unspecified atom stereocenters. The van der Waals surface area contributed by atoms with Gasteiger partial charge in [-0.15, -0.1) is 20.4 Å². The maximum atomic E-state index is 13.9. The number of rotatable bonds is 20. The van der Waals surface area contributed by atoms with E-state index in [9.17, 15) is 28.8 Å². The van der Waals surface area contributed by atoms with Crippen LogP contribution in [0.1, 0.15) is 90.4 Å². The van der Waals surface area contributed by atoms with Gasteiger partial charge in [-0.3, -0.25) is 0 Å². The molecule has 24 nitrogen and oxygen atoms in total. The molecule has 5 rings (SSSR count). The van der Waals surface area contributed by atoms with E-state index >= 15 is 0 Å². The van der Waals surface area contributed by atoms with Crippen LogP contribution < -0.4 is 0 Å². The minimum absolute atomic E-state index is 0.0917. The fraction of sp³-hybridized carbons (Fsp3) is 0.412. The van der Waals surface area contributed by atoms with Gasteiger partial charge in [0, 0.05) is 0 Å². The van der Waals surface area contributed by atoms with E-state index in [0.717, 1.165) is 0 Å². The van der Waals surface area contributed by atoms with Crippen molar-refractivity contribution in [3.05, 3.63) is 83.0 Å². The van der Waals surface area contributed by atoms with Crippen molar-refractivity contribution in [1.29, 1.82) is 0 Å². The van der Waals surface area contributed by atoms with Crippen LogP contribution in [-0.4, -0.2) is 134 Å². The number of esters is 6. The van der Waals surface area contributed by atoms with Crippen molar-refractivity contribution < 1.29 is 57.2 Å². The summed E-state index contributed by atoms with van der Waals surface area (Å²) < 4.78 is 36.6. The molecule has 0 N–H and O–H groups in total. The van der Waals surface area contributed by atoms with E-state index in [-0.39, 0.29) is 86.5 Å². The van der Waals surface area contributed by atoms with Crippen molar-refractivity contribution in [3.8, 4) is 0 Å². The number of carbonyl (C=O) groups is 6. The second kappa shape index (κ2) is 20.0. The minimum atomic E-state index is -1.10. The molecule has 0 radical (unpaired) electrons. The molecule has 0 saturated heterocycles. The fourth-order valence-electron chi connectivity index (χ4n) is 5.11. The first-order valence-corrected chi connectivity index (χ1v) is 17.8. The number of hydrogen-bond donors (Lipinski definition) is 0. The molecule has 306 valence electrons. The highest BCUT2D eigenvalue weighted by atomic mass is 16.6. The predicted octanol–water partition coefficient (Wildman–Crippen LogP) is 0.611. The zero-order valence-electron chi connectivity index (χ0n) is 31.7. The molecule has 0 aliphatic rings. The average Bonchev–Trinajstić information content (AvgIpc) is 4.04. The summed E-state index contributed by atoms with van der Waals surface area (Å²) in [7, 11) is 0. The Morgan fingerprint density at radius 1 is 0.448 bits per heavy atom. The van der Waals surface area contributed by atoms with Crippen LogP contribution in [0, 0.1) is 0 Å². The standard InChI is InChI=1S/C34H38N12O12/c1-5-53-31(49)25-17-43(39-35-25)13-21(14-44-18-26(36-40-44)32(50)54-6-2)57-29(47)23-11-9-10-12-24(23)30(48)58-22(15-45-19-27(37-41-45)33(51)55-7-3)16-46-20-28(38-42-46)34(52)56-8-4/h9-12,17-22H,5-8,13-16H2,1-4H3. The Bertz CT molecular complexity index is 1960. The van der Waals surface area contributed by atoms with E-state index in [0.29, 0.717) is 0 Å². The van der Waals surface area contributed by atoms with Crippen LogP contribution in [0.25, 0.3) is 0 Å². The Kier molecular flexibility index (Phi) is 14.4. The first kappa shape index (κ1) is 41.8. The molecule has 0 bridgehead atoms. The van der Waals surface area contributed by atoms with E-state index in [1.807, 2.05) is 0 Å². The summed E-state index contributed by atoms with van der Waals surface area (Å²) in [5, 5.41) is 31.0. The Morgan fingerprint density at radius 3 is 0.948 bits per heavy atom. The third kappa shape index (κ3) is 11.1. The lowest BCUT2D eigenvalue weighted by Gasteiger charge is -2.20. The number of nitrogens with zero attached hydrogens (tertiary/aromatic N) is 12. The average molecular weight is 807 g/mol. The second-order valence-electron chi connectivity index (χ2n) is 11.8. The summed E-state index contributed by atoms with van der Waals surface area (Å²) in [5.41, 5.74) is -0.749. The van der Waals surface area contributed by atoms with Crippen LogP contribution in [0.3, 0.4) is 0 Å². The molecule has 0 aliphatic carbocycles. The van der Waals surface area contributed by atoms with Crippen molar-refractivity contribution in [3.63, 3.8) is 0 Å². The summed E-state index contributed by atoms with van der Waals surface area (Å²) in [5.74, 6) is -4.78. The number of aromatic nitrogens is 12. The molecule has 58 heavy (non-hydrogen) atoms. The summed E-state index contributed by atoms with van der Waals surface area (Å²) in [6, 6.07) is 5.70. The maximum absolute atomic E-state index is 13.9. The quantitative estimate of drug-likeness (QED) is 0.0769. The van der Waals surface area contributed by atoms with Crippen molar-refractivity contribution >= 4 is 35.8 Å². The summed E-state index contributed by atoms with van der Waals surface area (Å²) in [6.07, 6.45) is 2.99. The molecule has 5 aromatic rings. The van der Waals surface area contributed by atoms with E-state index in [1.165, 1.54) is 67.8 Å². The molecule has 4 heterocycles. The third-order valence-electron chi connectivity index (χ3n) is 7.57. The Hall–Kier alpha value is -7.40. The number of benzene rings is 1. The third-order valence-corrected chi connectivity index (χ3v) is 7.57. The van der Waals surface area contributed by atoms with Gasteiger partial charge < -0.3 is 28.4 Å². The van der Waals surface area contributed by atoms with Gasteiger partial charge in [-0.05, 0) is 39.8 Å². The molecule has 24 heteroatoms. The van der Waals surface area contributed by atoms with Gasteiger partial charge in [0.25, 0.3) is 0 Å². The topological polar surface area (TPSA) is 281 Å². The fourth-order valence-corrected chi connectivity index (χ4v) is 5.11. The monoisotopic (exact) mass is 806 g/mol. The van der Waals surface area contributed by atoms with Crippen molar-refractivity contribution in [2.45, 2.75) is 66.1 Å². The van der Waals surface area contributed by atoms with E-state index < -0.39 is 48.0 Å². The molecular weight excluding hydrogens is 768 g/mol. The lowest BCUT2D eigenvalue weighted by atomic mass is 10.1. The van der Waals surface area contributed by atoms with E-state index in [1.54, 1.807) is 27.7 Å². The first-order valence-electron chi connectivity index (χ1n) is 17.8. The van der Waals surface area contributed by atoms with Gasteiger partial charge in [0.05, 0.1) is 88.5 Å². The Balaban J connectivity index is 1.38. The van der Waals surface area contributed by atoms with Gasteiger partial charge >= 0.3 is 35.8 Å². The lowest BCUT2D eigenvalue weighted by Crippen LogP contribution is -2.31. The number of ether oxygens (including phenoxy) is 6. The number of hydrogen-bond acceptors (Lipinski definition) is 20. The van der Waals surface area contributed by atoms with Crippen LogP contribution in [0.2, 0.25) is 0 Å². The molecular formula is C34H38N12O12. The zero-order valence-corrected chi connectivity index (χ0v) is 31.7. The Labute approximate surface area is 328 Å². The molecule has 0 spiro atoms. The SMILES string of the molecule is CCOC(=O)c1cn(CC(Cn2cc(C(=O)OCC)nn2)OC(=O)c2ccccc2C(=O)OC(Cn2cc(C(=O)OCC)nn2)Cn2cc(C(=O)OCC)nn2)nn1. The summed E-state index contributed by atoms with van der Waals surface area (Å²) in [4.78, 5) is 76.6. The molecule has 1 aromatic carbocycles. The smallest absolute Gasteiger partial charge is 0.360 e. The molecule has 0 atom stereocenters. The van der Waals surface area contributed by atoms with E-state index in [4.69, 9.17) is 28.4 Å².